The van der Waals surface area contributed by atoms with Gasteiger partial charge in [0.05, 0.1) is 17.1 Å². The smallest absolute Gasteiger partial charge is 0.126 e. The van der Waals surface area contributed by atoms with E-state index >= 15 is 0 Å². The first-order valence-corrected chi connectivity index (χ1v) is 8.30. The Morgan fingerprint density at radius 3 is 2.81 bits per heavy atom. The third kappa shape index (κ3) is 2.74. The molecule has 0 aliphatic carbocycles. The second-order valence-electron chi connectivity index (χ2n) is 5.33. The quantitative estimate of drug-likeness (QED) is 0.762. The van der Waals surface area contributed by atoms with Crippen molar-refractivity contribution in [1.29, 1.82) is 0 Å². The maximum absolute atomic E-state index is 4.81. The molecule has 110 valence electrons. The van der Waals surface area contributed by atoms with Gasteiger partial charge >= 0.3 is 0 Å². The van der Waals surface area contributed by atoms with Gasteiger partial charge in [0.2, 0.25) is 0 Å². The van der Waals surface area contributed by atoms with Crippen molar-refractivity contribution < 1.29 is 0 Å². The first-order chi connectivity index (χ1) is 10.2. The summed E-state index contributed by atoms with van der Waals surface area (Å²) in [5, 5.41) is 5.76. The van der Waals surface area contributed by atoms with Crippen molar-refractivity contribution in [2.45, 2.75) is 39.9 Å². The number of hydrogen-bond acceptors (Lipinski definition) is 3. The van der Waals surface area contributed by atoms with Gasteiger partial charge < -0.3 is 9.88 Å². The normalized spacial score (nSPS) is 12.9. The van der Waals surface area contributed by atoms with Gasteiger partial charge in [0.15, 0.2) is 0 Å². The SMILES string of the molecule is CCn1c(C(C)NCc2sccc2C)nc2ccccc21. The number of para-hydroxylation sites is 2. The summed E-state index contributed by atoms with van der Waals surface area (Å²) in [7, 11) is 0. The van der Waals surface area contributed by atoms with Gasteiger partial charge in [0, 0.05) is 18.0 Å². The van der Waals surface area contributed by atoms with Crippen molar-refractivity contribution in [3.63, 3.8) is 0 Å². The molecule has 4 heteroatoms. The molecule has 0 saturated heterocycles. The van der Waals surface area contributed by atoms with Gasteiger partial charge in [-0.1, -0.05) is 12.1 Å². The van der Waals surface area contributed by atoms with Crippen molar-refractivity contribution >= 4 is 22.4 Å². The predicted octanol–water partition coefficient (Wildman–Crippen LogP) is 4.28. The van der Waals surface area contributed by atoms with E-state index in [1.54, 1.807) is 0 Å². The largest absolute Gasteiger partial charge is 0.327 e. The second-order valence-corrected chi connectivity index (χ2v) is 6.33. The van der Waals surface area contributed by atoms with Gasteiger partial charge in [0.1, 0.15) is 5.82 Å². The summed E-state index contributed by atoms with van der Waals surface area (Å²) in [6, 6.07) is 10.8. The standard InChI is InChI=1S/C17H21N3S/c1-4-20-15-8-6-5-7-14(15)19-17(20)13(3)18-11-16-12(2)9-10-21-16/h5-10,13,18H,4,11H2,1-3H3. The molecule has 2 heterocycles. The number of rotatable bonds is 5. The van der Waals surface area contributed by atoms with Crippen LogP contribution < -0.4 is 5.32 Å². The van der Waals surface area contributed by atoms with Crippen LogP contribution in [0.25, 0.3) is 11.0 Å². The molecule has 1 atom stereocenters. The van der Waals surface area contributed by atoms with Crippen molar-refractivity contribution in [1.82, 2.24) is 14.9 Å². The molecule has 0 aliphatic rings. The van der Waals surface area contributed by atoms with Crippen LogP contribution in [0.2, 0.25) is 0 Å². The molecule has 21 heavy (non-hydrogen) atoms. The molecule has 3 aromatic rings. The van der Waals surface area contributed by atoms with E-state index in [0.29, 0.717) is 0 Å². The lowest BCUT2D eigenvalue weighted by Crippen LogP contribution is -2.21. The Bertz CT molecular complexity index is 741. The Kier molecular flexibility index (Phi) is 4.08. The first kappa shape index (κ1) is 14.3. The summed E-state index contributed by atoms with van der Waals surface area (Å²) in [4.78, 5) is 6.21. The van der Waals surface area contributed by atoms with Crippen LogP contribution >= 0.6 is 11.3 Å². The lowest BCUT2D eigenvalue weighted by Gasteiger charge is -2.15. The van der Waals surface area contributed by atoms with E-state index in [1.807, 2.05) is 17.4 Å². The van der Waals surface area contributed by atoms with Gasteiger partial charge in [-0.3, -0.25) is 0 Å². The minimum Gasteiger partial charge on any atom is -0.327 e. The first-order valence-electron chi connectivity index (χ1n) is 7.42. The summed E-state index contributed by atoms with van der Waals surface area (Å²) in [6.45, 7) is 8.38. The van der Waals surface area contributed by atoms with Crippen LogP contribution in [0.5, 0.6) is 0 Å². The zero-order valence-corrected chi connectivity index (χ0v) is 13.6. The number of aromatic nitrogens is 2. The Labute approximate surface area is 129 Å². The molecule has 3 rings (SSSR count). The highest BCUT2D eigenvalue weighted by molar-refractivity contribution is 7.10. The second kappa shape index (κ2) is 6.00. The van der Waals surface area contributed by atoms with Crippen molar-refractivity contribution in [2.75, 3.05) is 0 Å². The highest BCUT2D eigenvalue weighted by Gasteiger charge is 2.15. The lowest BCUT2D eigenvalue weighted by atomic mass is 10.2. The van der Waals surface area contributed by atoms with Crippen molar-refractivity contribution in [2.24, 2.45) is 0 Å². The molecule has 0 aliphatic heterocycles. The van der Waals surface area contributed by atoms with E-state index in [2.05, 4.69) is 60.3 Å². The van der Waals surface area contributed by atoms with Crippen LogP contribution in [-0.2, 0) is 13.1 Å². The molecule has 2 aromatic heterocycles. The molecule has 0 fully saturated rings. The molecule has 0 radical (unpaired) electrons. The Balaban J connectivity index is 1.84. The minimum absolute atomic E-state index is 0.235. The monoisotopic (exact) mass is 299 g/mol. The molecular weight excluding hydrogens is 278 g/mol. The van der Waals surface area contributed by atoms with Crippen LogP contribution in [0.4, 0.5) is 0 Å². The molecule has 0 saturated carbocycles. The summed E-state index contributed by atoms with van der Waals surface area (Å²) in [6.07, 6.45) is 0. The summed E-state index contributed by atoms with van der Waals surface area (Å²) >= 11 is 1.81. The fraction of sp³-hybridized carbons (Fsp3) is 0.353. The van der Waals surface area contributed by atoms with Gasteiger partial charge in [-0.05, 0) is 49.9 Å². The van der Waals surface area contributed by atoms with Crippen LogP contribution in [-0.4, -0.2) is 9.55 Å². The lowest BCUT2D eigenvalue weighted by molar-refractivity contribution is 0.523. The molecular formula is C17H21N3S. The van der Waals surface area contributed by atoms with E-state index in [4.69, 9.17) is 4.98 Å². The molecule has 0 amide bonds. The van der Waals surface area contributed by atoms with Crippen LogP contribution in [0.15, 0.2) is 35.7 Å². The summed E-state index contributed by atoms with van der Waals surface area (Å²) in [5.41, 5.74) is 3.66. The molecule has 1 unspecified atom stereocenters. The molecule has 0 bridgehead atoms. The number of thiophene rings is 1. The van der Waals surface area contributed by atoms with Crippen molar-refractivity contribution in [3.05, 3.63) is 52.0 Å². The van der Waals surface area contributed by atoms with Crippen LogP contribution in [0.3, 0.4) is 0 Å². The topological polar surface area (TPSA) is 29.9 Å². The van der Waals surface area contributed by atoms with E-state index in [0.717, 1.165) is 24.4 Å². The van der Waals surface area contributed by atoms with Crippen LogP contribution in [0.1, 0.15) is 36.2 Å². The third-order valence-electron chi connectivity index (χ3n) is 3.92. The number of fused-ring (bicyclic) bond motifs is 1. The van der Waals surface area contributed by atoms with Gasteiger partial charge in [-0.25, -0.2) is 4.98 Å². The Morgan fingerprint density at radius 1 is 1.29 bits per heavy atom. The average molecular weight is 299 g/mol. The molecule has 3 nitrogen and oxygen atoms in total. The van der Waals surface area contributed by atoms with Crippen LogP contribution in [0, 0.1) is 6.92 Å². The fourth-order valence-corrected chi connectivity index (χ4v) is 3.54. The number of imidazole rings is 1. The number of benzene rings is 1. The number of nitrogens with one attached hydrogen (secondary N) is 1. The maximum atomic E-state index is 4.81. The zero-order valence-electron chi connectivity index (χ0n) is 12.8. The average Bonchev–Trinajstić information content (AvgIpc) is 3.07. The zero-order chi connectivity index (χ0) is 14.8. The maximum Gasteiger partial charge on any atom is 0.126 e. The predicted molar refractivity (Wildman–Crippen MR) is 89.7 cm³/mol. The Morgan fingerprint density at radius 2 is 2.10 bits per heavy atom. The fourth-order valence-electron chi connectivity index (χ4n) is 2.68. The summed E-state index contributed by atoms with van der Waals surface area (Å²) < 4.78 is 2.30. The van der Waals surface area contributed by atoms with E-state index in [-0.39, 0.29) is 6.04 Å². The highest BCUT2D eigenvalue weighted by atomic mass is 32.1. The number of aryl methyl sites for hydroxylation is 2. The van der Waals surface area contributed by atoms with Gasteiger partial charge in [0.25, 0.3) is 0 Å². The number of hydrogen-bond donors (Lipinski definition) is 1. The molecule has 1 aromatic carbocycles. The van der Waals surface area contributed by atoms with E-state index in [9.17, 15) is 0 Å². The minimum atomic E-state index is 0.235. The van der Waals surface area contributed by atoms with Crippen molar-refractivity contribution in [3.8, 4) is 0 Å². The molecule has 1 N–H and O–H groups in total. The highest BCUT2D eigenvalue weighted by Crippen LogP contribution is 2.22. The van der Waals surface area contributed by atoms with Gasteiger partial charge in [-0.2, -0.15) is 0 Å². The third-order valence-corrected chi connectivity index (χ3v) is 4.95. The molecule has 0 spiro atoms. The van der Waals surface area contributed by atoms with E-state index < -0.39 is 0 Å². The van der Waals surface area contributed by atoms with Gasteiger partial charge in [-0.15, -0.1) is 11.3 Å². The number of nitrogens with zero attached hydrogens (tertiary/aromatic N) is 2. The van der Waals surface area contributed by atoms with E-state index in [1.165, 1.54) is 16.0 Å². The Hall–Kier alpha value is -1.65. The summed E-state index contributed by atoms with van der Waals surface area (Å²) in [5.74, 6) is 1.12.